The van der Waals surface area contributed by atoms with E-state index in [9.17, 15) is 9.59 Å². The van der Waals surface area contributed by atoms with Gasteiger partial charge in [0.15, 0.2) is 0 Å². The second kappa shape index (κ2) is 4.82. The molecule has 0 aromatic carbocycles. The Bertz CT molecular complexity index is 285. The number of carboxylic acid groups (broad SMARTS) is 1. The highest BCUT2D eigenvalue weighted by atomic mass is 16.4. The molecule has 1 saturated carbocycles. The Balaban J connectivity index is 2.35. The van der Waals surface area contributed by atoms with Crippen LogP contribution in [-0.2, 0) is 9.59 Å². The number of carboxylic acids is 1. The molecule has 0 saturated heterocycles. The predicted octanol–water partition coefficient (Wildman–Crippen LogP) is 0.483. The molecule has 0 heterocycles. The maximum Gasteiger partial charge on any atom is 0.303 e. The van der Waals surface area contributed by atoms with E-state index < -0.39 is 12.0 Å². The van der Waals surface area contributed by atoms with E-state index in [0.29, 0.717) is 5.92 Å². The molecule has 1 unspecified atom stereocenters. The third-order valence-electron chi connectivity index (χ3n) is 3.05. The minimum Gasteiger partial charge on any atom is -0.481 e. The van der Waals surface area contributed by atoms with Crippen molar-refractivity contribution in [1.29, 1.82) is 0 Å². The molecule has 1 rings (SSSR count). The zero-order valence-electron chi connectivity index (χ0n) is 9.82. The number of carbonyl (C=O) groups is 2. The second-order valence-electron chi connectivity index (χ2n) is 5.02. The van der Waals surface area contributed by atoms with Gasteiger partial charge in [0.2, 0.25) is 5.91 Å². The maximum atomic E-state index is 11.7. The van der Waals surface area contributed by atoms with Gasteiger partial charge >= 0.3 is 5.97 Å². The van der Waals surface area contributed by atoms with Gasteiger partial charge in [-0.05, 0) is 39.0 Å². The summed E-state index contributed by atoms with van der Waals surface area (Å²) in [5.41, 5.74) is 5.39. The van der Waals surface area contributed by atoms with E-state index in [-0.39, 0.29) is 24.3 Å². The fraction of sp³-hybridized carbons (Fsp3) is 0.818. The van der Waals surface area contributed by atoms with Gasteiger partial charge in [-0.15, -0.1) is 0 Å². The van der Waals surface area contributed by atoms with Crippen LogP contribution in [0.4, 0.5) is 0 Å². The summed E-state index contributed by atoms with van der Waals surface area (Å²) >= 11 is 0. The molecule has 0 radical (unpaired) electrons. The minimum absolute atomic E-state index is 0.0710. The monoisotopic (exact) mass is 228 g/mol. The number of rotatable bonds is 6. The van der Waals surface area contributed by atoms with Gasteiger partial charge in [0, 0.05) is 12.0 Å². The molecule has 92 valence electrons. The summed E-state index contributed by atoms with van der Waals surface area (Å²) in [6.45, 7) is 3.96. The Kier molecular flexibility index (Phi) is 3.91. The Morgan fingerprint density at radius 2 is 2.06 bits per heavy atom. The van der Waals surface area contributed by atoms with Crippen LogP contribution in [0.3, 0.4) is 0 Å². The lowest BCUT2D eigenvalue weighted by Crippen LogP contribution is -2.51. The number of hydrogen-bond donors (Lipinski definition) is 3. The van der Waals surface area contributed by atoms with Crippen molar-refractivity contribution in [3.63, 3.8) is 0 Å². The third kappa shape index (κ3) is 3.81. The molecule has 0 aromatic rings. The fourth-order valence-electron chi connectivity index (χ4n) is 1.73. The van der Waals surface area contributed by atoms with Gasteiger partial charge in [-0.1, -0.05) is 0 Å². The van der Waals surface area contributed by atoms with Gasteiger partial charge in [0.1, 0.15) is 0 Å². The van der Waals surface area contributed by atoms with Gasteiger partial charge in [-0.3, -0.25) is 9.59 Å². The van der Waals surface area contributed by atoms with Crippen LogP contribution < -0.4 is 11.1 Å². The number of nitrogens with two attached hydrogens (primary N) is 1. The first kappa shape index (κ1) is 13.0. The molecular weight excluding hydrogens is 208 g/mol. The van der Waals surface area contributed by atoms with Crippen LogP contribution >= 0.6 is 0 Å². The van der Waals surface area contributed by atoms with Crippen LogP contribution in [0.15, 0.2) is 0 Å². The smallest absolute Gasteiger partial charge is 0.303 e. The first-order chi connectivity index (χ1) is 7.33. The van der Waals surface area contributed by atoms with Crippen LogP contribution in [0.1, 0.15) is 39.5 Å². The van der Waals surface area contributed by atoms with E-state index in [4.69, 9.17) is 10.8 Å². The van der Waals surface area contributed by atoms with Crippen LogP contribution in [0.5, 0.6) is 0 Å². The molecule has 1 aliphatic carbocycles. The van der Waals surface area contributed by atoms with Crippen molar-refractivity contribution in [3.05, 3.63) is 0 Å². The van der Waals surface area contributed by atoms with Gasteiger partial charge in [0.05, 0.1) is 6.04 Å². The van der Waals surface area contributed by atoms with Crippen LogP contribution in [-0.4, -0.2) is 28.6 Å². The molecule has 5 nitrogen and oxygen atoms in total. The lowest BCUT2D eigenvalue weighted by molar-refractivity contribution is -0.137. The van der Waals surface area contributed by atoms with Crippen molar-refractivity contribution in [3.8, 4) is 0 Å². The average molecular weight is 228 g/mol. The molecule has 1 amide bonds. The van der Waals surface area contributed by atoms with Crippen molar-refractivity contribution < 1.29 is 14.7 Å². The highest BCUT2D eigenvalue weighted by Gasteiger charge is 2.39. The second-order valence-corrected chi connectivity index (χ2v) is 5.02. The van der Waals surface area contributed by atoms with Gasteiger partial charge in [0.25, 0.3) is 0 Å². The zero-order chi connectivity index (χ0) is 12.3. The van der Waals surface area contributed by atoms with E-state index in [2.05, 4.69) is 5.32 Å². The molecule has 0 spiro atoms. The van der Waals surface area contributed by atoms with Crippen molar-refractivity contribution >= 4 is 11.9 Å². The lowest BCUT2D eigenvalue weighted by atomic mass is 9.98. The minimum atomic E-state index is -0.926. The Morgan fingerprint density at radius 3 is 2.50 bits per heavy atom. The summed E-state index contributed by atoms with van der Waals surface area (Å²) in [4.78, 5) is 22.0. The third-order valence-corrected chi connectivity index (χ3v) is 3.05. The predicted molar refractivity (Wildman–Crippen MR) is 59.8 cm³/mol. The van der Waals surface area contributed by atoms with Gasteiger partial charge < -0.3 is 16.2 Å². The summed E-state index contributed by atoms with van der Waals surface area (Å²) in [5, 5.41) is 11.4. The maximum absolute atomic E-state index is 11.7. The largest absolute Gasteiger partial charge is 0.481 e. The molecule has 0 aliphatic heterocycles. The first-order valence-corrected chi connectivity index (χ1v) is 5.62. The molecule has 16 heavy (non-hydrogen) atoms. The highest BCUT2D eigenvalue weighted by molar-refractivity contribution is 5.82. The quantitative estimate of drug-likeness (QED) is 0.616. The van der Waals surface area contributed by atoms with Crippen LogP contribution in [0.2, 0.25) is 0 Å². The topological polar surface area (TPSA) is 92.4 Å². The molecule has 0 aromatic heterocycles. The Labute approximate surface area is 95.4 Å². The van der Waals surface area contributed by atoms with Crippen molar-refractivity contribution in [2.75, 3.05) is 0 Å². The molecular formula is C11H20N2O3. The summed E-state index contributed by atoms with van der Waals surface area (Å²) in [6.07, 6.45) is 2.38. The van der Waals surface area contributed by atoms with Crippen molar-refractivity contribution in [1.82, 2.24) is 5.32 Å². The molecule has 1 aliphatic rings. The number of amides is 1. The normalized spacial score (nSPS) is 17.9. The number of hydrogen-bond acceptors (Lipinski definition) is 3. The Hall–Kier alpha value is -1.10. The van der Waals surface area contributed by atoms with Gasteiger partial charge in [-0.25, -0.2) is 0 Å². The molecule has 1 atom stereocenters. The van der Waals surface area contributed by atoms with E-state index in [1.807, 2.05) is 13.8 Å². The number of aliphatic carboxylic acids is 1. The Morgan fingerprint density at radius 1 is 1.50 bits per heavy atom. The number of nitrogens with one attached hydrogen (secondary N) is 1. The van der Waals surface area contributed by atoms with Crippen molar-refractivity contribution in [2.24, 2.45) is 11.7 Å². The van der Waals surface area contributed by atoms with Crippen molar-refractivity contribution in [2.45, 2.75) is 51.1 Å². The van der Waals surface area contributed by atoms with E-state index >= 15 is 0 Å². The van der Waals surface area contributed by atoms with E-state index in [0.717, 1.165) is 12.8 Å². The lowest BCUT2D eigenvalue weighted by Gasteiger charge is -2.27. The van der Waals surface area contributed by atoms with Crippen LogP contribution in [0.25, 0.3) is 0 Å². The van der Waals surface area contributed by atoms with Gasteiger partial charge in [-0.2, -0.15) is 0 Å². The summed E-state index contributed by atoms with van der Waals surface area (Å²) in [7, 11) is 0. The van der Waals surface area contributed by atoms with E-state index in [1.165, 1.54) is 0 Å². The standard InChI is InChI=1S/C11H20N2O3/c1-11(2,7-3-4-7)13-10(16)8(12)5-6-9(14)15/h7-8H,3-6,12H2,1-2H3,(H,13,16)(H,14,15). The summed E-state index contributed by atoms with van der Waals surface area (Å²) < 4.78 is 0. The highest BCUT2D eigenvalue weighted by Crippen LogP contribution is 2.39. The summed E-state index contributed by atoms with van der Waals surface area (Å²) in [6, 6.07) is -0.728. The number of carbonyl (C=O) groups excluding carboxylic acids is 1. The van der Waals surface area contributed by atoms with E-state index in [1.54, 1.807) is 0 Å². The first-order valence-electron chi connectivity index (χ1n) is 5.62. The molecule has 1 fully saturated rings. The zero-order valence-corrected chi connectivity index (χ0v) is 9.82. The molecule has 0 bridgehead atoms. The molecule has 5 heteroatoms. The fourth-order valence-corrected chi connectivity index (χ4v) is 1.73. The molecule has 4 N–H and O–H groups in total. The SMILES string of the molecule is CC(C)(NC(=O)C(N)CCC(=O)O)C1CC1. The average Bonchev–Trinajstić information content (AvgIpc) is 2.96. The summed E-state index contributed by atoms with van der Waals surface area (Å²) in [5.74, 6) is -0.647. The van der Waals surface area contributed by atoms with Crippen LogP contribution in [0, 0.1) is 5.92 Å².